The van der Waals surface area contributed by atoms with Crippen LogP contribution in [0.3, 0.4) is 0 Å². The molecule has 0 aliphatic rings. The molecule has 0 bridgehead atoms. The van der Waals surface area contributed by atoms with Gasteiger partial charge in [0.1, 0.15) is 0 Å². The average molecular weight is 298 g/mol. The summed E-state index contributed by atoms with van der Waals surface area (Å²) in [5.74, 6) is 0.0731. The van der Waals surface area contributed by atoms with E-state index in [1.54, 1.807) is 0 Å². The van der Waals surface area contributed by atoms with Crippen LogP contribution in [-0.4, -0.2) is 15.0 Å². The number of nitrogens with one attached hydrogen (secondary N) is 2. The Kier molecular flexibility index (Phi) is 2.88. The molecular weight excluding hydrogens is 280 g/mol. The third-order valence-electron chi connectivity index (χ3n) is 3.84. The number of nitrogens with zero attached hydrogens (tertiary/aromatic N) is 1. The summed E-state index contributed by atoms with van der Waals surface area (Å²) in [5, 5.41) is 1.85. The molecule has 22 heavy (non-hydrogen) atoms. The van der Waals surface area contributed by atoms with Gasteiger partial charge >= 0.3 is 0 Å². The highest BCUT2D eigenvalue weighted by atomic mass is 16.1. The normalized spacial score (nSPS) is 12.2. The summed E-state index contributed by atoms with van der Waals surface area (Å²) in [6.07, 6.45) is 0. The van der Waals surface area contributed by atoms with E-state index in [9.17, 15) is 9.59 Å². The summed E-state index contributed by atoms with van der Waals surface area (Å²) >= 11 is 0. The van der Waals surface area contributed by atoms with Crippen LogP contribution >= 0.6 is 0 Å². The SMILES string of the molecule is Cc1[nH]c(=O)cc2c1cc(C(C)(C)C)c1nc(N)[nH]c(=O)c12. The van der Waals surface area contributed by atoms with Crippen molar-refractivity contribution < 1.29 is 0 Å². The Bertz CT molecular complexity index is 1020. The van der Waals surface area contributed by atoms with Crippen LogP contribution in [0.25, 0.3) is 21.7 Å². The van der Waals surface area contributed by atoms with Crippen molar-refractivity contribution in [3.05, 3.63) is 44.1 Å². The number of aryl methyl sites for hydroxylation is 1. The van der Waals surface area contributed by atoms with Crippen molar-refractivity contribution in [2.24, 2.45) is 0 Å². The Labute approximate surface area is 126 Å². The smallest absolute Gasteiger partial charge is 0.260 e. The number of fused-ring (bicyclic) bond motifs is 3. The number of hydrogen-bond donors (Lipinski definition) is 3. The molecule has 0 saturated heterocycles. The minimum absolute atomic E-state index is 0.0731. The van der Waals surface area contributed by atoms with E-state index in [-0.39, 0.29) is 22.5 Å². The largest absolute Gasteiger partial charge is 0.369 e. The molecule has 0 radical (unpaired) electrons. The van der Waals surface area contributed by atoms with Crippen LogP contribution < -0.4 is 16.9 Å². The van der Waals surface area contributed by atoms with E-state index in [0.29, 0.717) is 16.3 Å². The highest BCUT2D eigenvalue weighted by molar-refractivity contribution is 6.08. The lowest BCUT2D eigenvalue weighted by Gasteiger charge is -2.22. The number of aromatic amines is 2. The average Bonchev–Trinajstić information content (AvgIpc) is 2.35. The van der Waals surface area contributed by atoms with E-state index in [1.165, 1.54) is 6.07 Å². The first kappa shape index (κ1) is 14.3. The van der Waals surface area contributed by atoms with E-state index in [0.717, 1.165) is 16.6 Å². The zero-order valence-corrected chi connectivity index (χ0v) is 13.0. The topological polar surface area (TPSA) is 105 Å². The van der Waals surface area contributed by atoms with Gasteiger partial charge in [-0.1, -0.05) is 20.8 Å². The summed E-state index contributed by atoms with van der Waals surface area (Å²) in [6, 6.07) is 3.42. The van der Waals surface area contributed by atoms with Crippen molar-refractivity contribution in [1.82, 2.24) is 15.0 Å². The zero-order chi connectivity index (χ0) is 16.2. The lowest BCUT2D eigenvalue weighted by molar-refractivity contribution is 0.595. The number of pyridine rings is 1. The van der Waals surface area contributed by atoms with Crippen LogP contribution in [0.1, 0.15) is 32.0 Å². The quantitative estimate of drug-likeness (QED) is 0.552. The van der Waals surface area contributed by atoms with E-state index < -0.39 is 0 Å². The zero-order valence-electron chi connectivity index (χ0n) is 13.0. The Morgan fingerprint density at radius 1 is 1.09 bits per heavy atom. The highest BCUT2D eigenvalue weighted by Crippen LogP contribution is 2.33. The minimum Gasteiger partial charge on any atom is -0.369 e. The van der Waals surface area contributed by atoms with Crippen molar-refractivity contribution in [1.29, 1.82) is 0 Å². The first-order chi connectivity index (χ1) is 10.2. The van der Waals surface area contributed by atoms with Crippen LogP contribution in [0, 0.1) is 6.92 Å². The minimum atomic E-state index is -0.330. The maximum absolute atomic E-state index is 12.4. The summed E-state index contributed by atoms with van der Waals surface area (Å²) in [5.41, 5.74) is 7.11. The van der Waals surface area contributed by atoms with E-state index >= 15 is 0 Å². The van der Waals surface area contributed by atoms with Crippen molar-refractivity contribution >= 4 is 27.6 Å². The van der Waals surface area contributed by atoms with Crippen LogP contribution in [0.5, 0.6) is 0 Å². The fourth-order valence-corrected chi connectivity index (χ4v) is 2.81. The maximum atomic E-state index is 12.4. The van der Waals surface area contributed by atoms with Crippen molar-refractivity contribution in [3.63, 3.8) is 0 Å². The first-order valence-corrected chi connectivity index (χ1v) is 7.05. The number of rotatable bonds is 0. The van der Waals surface area contributed by atoms with Crippen molar-refractivity contribution in [3.8, 4) is 0 Å². The van der Waals surface area contributed by atoms with Gasteiger partial charge in [0.05, 0.1) is 10.9 Å². The van der Waals surface area contributed by atoms with Gasteiger partial charge in [-0.2, -0.15) is 0 Å². The number of hydrogen-bond acceptors (Lipinski definition) is 4. The molecule has 0 aliphatic heterocycles. The number of nitrogen functional groups attached to an aromatic ring is 1. The fourth-order valence-electron chi connectivity index (χ4n) is 2.81. The van der Waals surface area contributed by atoms with Gasteiger partial charge in [0.15, 0.2) is 0 Å². The number of H-pyrrole nitrogens is 2. The second-order valence-electron chi connectivity index (χ2n) is 6.57. The molecule has 3 rings (SSSR count). The molecule has 114 valence electrons. The van der Waals surface area contributed by atoms with E-state index in [1.807, 2.05) is 33.8 Å². The van der Waals surface area contributed by atoms with Gasteiger partial charge in [-0.05, 0) is 24.0 Å². The van der Waals surface area contributed by atoms with Crippen molar-refractivity contribution in [2.75, 3.05) is 5.73 Å². The monoisotopic (exact) mass is 298 g/mol. The lowest BCUT2D eigenvalue weighted by atomic mass is 9.84. The third-order valence-corrected chi connectivity index (χ3v) is 3.84. The van der Waals surface area contributed by atoms with Crippen LogP contribution in [0.4, 0.5) is 5.95 Å². The Morgan fingerprint density at radius 2 is 1.77 bits per heavy atom. The maximum Gasteiger partial charge on any atom is 0.260 e. The molecule has 4 N–H and O–H groups in total. The molecule has 0 fully saturated rings. The summed E-state index contributed by atoms with van der Waals surface area (Å²) in [7, 11) is 0. The molecule has 1 aromatic carbocycles. The van der Waals surface area contributed by atoms with Gasteiger partial charge in [0.2, 0.25) is 11.5 Å². The van der Waals surface area contributed by atoms with Gasteiger partial charge in [-0.3, -0.25) is 14.6 Å². The third kappa shape index (κ3) is 2.07. The molecule has 2 aromatic heterocycles. The van der Waals surface area contributed by atoms with Gasteiger partial charge < -0.3 is 10.7 Å². The molecule has 0 atom stereocenters. The second kappa shape index (κ2) is 4.43. The highest BCUT2D eigenvalue weighted by Gasteiger charge is 2.22. The van der Waals surface area contributed by atoms with Crippen molar-refractivity contribution in [2.45, 2.75) is 33.1 Å². The molecule has 6 nitrogen and oxygen atoms in total. The molecular formula is C16H18N4O2. The molecule has 0 saturated carbocycles. The molecule has 6 heteroatoms. The van der Waals surface area contributed by atoms with Gasteiger partial charge in [-0.25, -0.2) is 4.98 Å². The Hall–Kier alpha value is -2.63. The second-order valence-corrected chi connectivity index (χ2v) is 6.57. The molecule has 3 aromatic rings. The Morgan fingerprint density at radius 3 is 2.41 bits per heavy atom. The number of aromatic nitrogens is 3. The van der Waals surface area contributed by atoms with Gasteiger partial charge in [0, 0.05) is 22.5 Å². The number of nitrogens with two attached hydrogens (primary N) is 1. The van der Waals surface area contributed by atoms with E-state index in [2.05, 4.69) is 15.0 Å². The number of benzene rings is 1. The van der Waals surface area contributed by atoms with Crippen LogP contribution in [0.2, 0.25) is 0 Å². The van der Waals surface area contributed by atoms with Gasteiger partial charge in [-0.15, -0.1) is 0 Å². The fraction of sp³-hybridized carbons (Fsp3) is 0.312. The van der Waals surface area contributed by atoms with Crippen LogP contribution in [0.15, 0.2) is 21.7 Å². The molecule has 2 heterocycles. The summed E-state index contributed by atoms with van der Waals surface area (Å²) in [6.45, 7) is 7.97. The summed E-state index contributed by atoms with van der Waals surface area (Å²) in [4.78, 5) is 33.8. The first-order valence-electron chi connectivity index (χ1n) is 7.05. The van der Waals surface area contributed by atoms with Crippen LogP contribution in [-0.2, 0) is 5.41 Å². The molecule has 0 unspecified atom stereocenters. The Balaban J connectivity index is 2.72. The molecule has 0 amide bonds. The number of anilines is 1. The van der Waals surface area contributed by atoms with E-state index in [4.69, 9.17) is 5.73 Å². The van der Waals surface area contributed by atoms with Gasteiger partial charge in [0.25, 0.3) is 5.56 Å². The molecule has 0 aliphatic carbocycles. The molecule has 0 spiro atoms. The lowest BCUT2D eigenvalue weighted by Crippen LogP contribution is -2.19. The standard InChI is InChI=1S/C16H18N4O2/c1-7-8-5-10(16(2,3)4)13-12(9(8)6-11(21)18-7)14(22)20-15(17)19-13/h5-6H,1-4H3,(H,18,21)(H3,17,19,20,22). The summed E-state index contributed by atoms with van der Waals surface area (Å²) < 4.78 is 0. The predicted octanol–water partition coefficient (Wildman–Crippen LogP) is 1.95. The predicted molar refractivity (Wildman–Crippen MR) is 88.3 cm³/mol.